The Bertz CT molecular complexity index is 810. The van der Waals surface area contributed by atoms with E-state index in [0.717, 1.165) is 0 Å². The fourth-order valence-electron chi connectivity index (χ4n) is 1.79. The van der Waals surface area contributed by atoms with Crippen molar-refractivity contribution < 1.29 is 32.2 Å². The second-order valence-electron chi connectivity index (χ2n) is 4.90. The molecule has 138 valence electrons. The summed E-state index contributed by atoms with van der Waals surface area (Å²) in [4.78, 5) is 27.0. The minimum absolute atomic E-state index is 0.198. The summed E-state index contributed by atoms with van der Waals surface area (Å²) in [6.45, 7) is -0.663. The number of hydrogen-bond donors (Lipinski definition) is 1. The zero-order valence-corrected chi connectivity index (χ0v) is 14.0. The van der Waals surface area contributed by atoms with Gasteiger partial charge in [0.2, 0.25) is 0 Å². The van der Waals surface area contributed by atoms with Crippen LogP contribution >= 0.6 is 11.6 Å². The summed E-state index contributed by atoms with van der Waals surface area (Å²) in [6.07, 6.45) is -4.07. The smallest absolute Gasteiger partial charge is 0.417 e. The molecule has 0 aliphatic rings. The first kappa shape index (κ1) is 19.5. The molecular formula is C16H12ClF3N2O4. The number of pyridine rings is 1. The van der Waals surface area contributed by atoms with Crippen molar-refractivity contribution in [3.63, 3.8) is 0 Å². The molecule has 1 N–H and O–H groups in total. The molecule has 1 aromatic carbocycles. The first-order valence-electron chi connectivity index (χ1n) is 7.04. The number of esters is 1. The van der Waals surface area contributed by atoms with Crippen LogP contribution in [0.2, 0.25) is 5.02 Å². The maximum atomic E-state index is 12.5. The number of alkyl halides is 3. The molecule has 0 fully saturated rings. The van der Waals surface area contributed by atoms with Gasteiger partial charge in [0, 0.05) is 6.20 Å². The first-order chi connectivity index (χ1) is 12.2. The first-order valence-corrected chi connectivity index (χ1v) is 7.42. The summed E-state index contributed by atoms with van der Waals surface area (Å²) in [5, 5.41) is 1.77. The van der Waals surface area contributed by atoms with Crippen LogP contribution in [0.4, 0.5) is 19.0 Å². The van der Waals surface area contributed by atoms with Crippen LogP contribution in [0.25, 0.3) is 0 Å². The molecule has 26 heavy (non-hydrogen) atoms. The number of aromatic nitrogens is 1. The predicted octanol–water partition coefficient (Wildman–Crippen LogP) is 3.56. The van der Waals surface area contributed by atoms with Gasteiger partial charge in [-0.3, -0.25) is 4.79 Å². The number of carbonyl (C=O) groups is 2. The predicted molar refractivity (Wildman–Crippen MR) is 86.2 cm³/mol. The van der Waals surface area contributed by atoms with E-state index in [0.29, 0.717) is 18.0 Å². The van der Waals surface area contributed by atoms with Crippen molar-refractivity contribution in [3.8, 4) is 5.75 Å². The topological polar surface area (TPSA) is 77.5 Å². The Morgan fingerprint density at radius 3 is 2.42 bits per heavy atom. The van der Waals surface area contributed by atoms with Crippen molar-refractivity contribution in [2.24, 2.45) is 0 Å². The quantitative estimate of drug-likeness (QED) is 0.792. The highest BCUT2D eigenvalue weighted by atomic mass is 35.5. The molecule has 0 saturated heterocycles. The van der Waals surface area contributed by atoms with Crippen molar-refractivity contribution in [2.45, 2.75) is 6.18 Å². The van der Waals surface area contributed by atoms with Crippen LogP contribution in [0.5, 0.6) is 5.75 Å². The van der Waals surface area contributed by atoms with Crippen LogP contribution in [0.1, 0.15) is 15.9 Å². The lowest BCUT2D eigenvalue weighted by Crippen LogP contribution is -2.22. The molecule has 0 aliphatic heterocycles. The number of amides is 1. The Balaban J connectivity index is 1.93. The van der Waals surface area contributed by atoms with Gasteiger partial charge in [-0.05, 0) is 30.3 Å². The van der Waals surface area contributed by atoms with Gasteiger partial charge in [0.25, 0.3) is 5.91 Å². The third-order valence-electron chi connectivity index (χ3n) is 3.09. The summed E-state index contributed by atoms with van der Waals surface area (Å²) in [7, 11) is 1.47. The lowest BCUT2D eigenvalue weighted by atomic mass is 10.2. The number of hydrogen-bond acceptors (Lipinski definition) is 5. The van der Waals surface area contributed by atoms with E-state index in [4.69, 9.17) is 21.1 Å². The molecule has 1 heterocycles. The van der Waals surface area contributed by atoms with E-state index in [2.05, 4.69) is 10.3 Å². The van der Waals surface area contributed by atoms with Gasteiger partial charge >= 0.3 is 12.1 Å². The molecule has 10 heteroatoms. The van der Waals surface area contributed by atoms with Gasteiger partial charge in [0.15, 0.2) is 12.4 Å². The normalized spacial score (nSPS) is 11.0. The third-order valence-corrected chi connectivity index (χ3v) is 3.37. The molecule has 2 aromatic rings. The second-order valence-corrected chi connectivity index (χ2v) is 5.31. The maximum Gasteiger partial charge on any atom is 0.417 e. The summed E-state index contributed by atoms with van der Waals surface area (Å²) in [5.41, 5.74) is -0.851. The molecule has 0 atom stereocenters. The van der Waals surface area contributed by atoms with Crippen LogP contribution in [0.3, 0.4) is 0 Å². The van der Waals surface area contributed by atoms with Crippen molar-refractivity contribution in [3.05, 3.63) is 52.7 Å². The van der Waals surface area contributed by atoms with Gasteiger partial charge in [-0.25, -0.2) is 9.78 Å². The van der Waals surface area contributed by atoms with E-state index in [1.165, 1.54) is 19.2 Å². The molecule has 0 aliphatic carbocycles. The van der Waals surface area contributed by atoms with Crippen LogP contribution < -0.4 is 10.1 Å². The minimum atomic E-state index is -4.60. The van der Waals surface area contributed by atoms with Crippen molar-refractivity contribution in [1.82, 2.24) is 4.98 Å². The summed E-state index contributed by atoms with van der Waals surface area (Å²) < 4.78 is 47.3. The highest BCUT2D eigenvalue weighted by Gasteiger charge is 2.31. The standard InChI is InChI=1S/C16H12ClF3N2O4/c1-25-11-4-2-9(3-5-11)15(24)26-8-13(23)22-14-12(17)6-10(7-21-14)16(18,19)20/h2-7H,8H2,1H3,(H,21,22,23). The van der Waals surface area contributed by atoms with Gasteiger partial charge in [0.1, 0.15) is 5.75 Å². The van der Waals surface area contributed by atoms with Gasteiger partial charge in [-0.2, -0.15) is 13.2 Å². The average molecular weight is 389 g/mol. The Kier molecular flexibility index (Phi) is 6.04. The number of halogens is 4. The third kappa shape index (κ3) is 5.09. The summed E-state index contributed by atoms with van der Waals surface area (Å²) in [6, 6.07) is 6.62. The second kappa shape index (κ2) is 8.05. The minimum Gasteiger partial charge on any atom is -0.497 e. The number of carbonyl (C=O) groups excluding carboxylic acids is 2. The van der Waals surface area contributed by atoms with Gasteiger partial charge in [-0.15, -0.1) is 0 Å². The van der Waals surface area contributed by atoms with Crippen LogP contribution in [-0.2, 0) is 15.7 Å². The molecule has 6 nitrogen and oxygen atoms in total. The van der Waals surface area contributed by atoms with Crippen LogP contribution in [0.15, 0.2) is 36.5 Å². The van der Waals surface area contributed by atoms with E-state index in [-0.39, 0.29) is 11.4 Å². The number of nitrogens with zero attached hydrogens (tertiary/aromatic N) is 1. The van der Waals surface area contributed by atoms with E-state index in [1.54, 1.807) is 12.1 Å². The Morgan fingerprint density at radius 2 is 1.88 bits per heavy atom. The monoisotopic (exact) mass is 388 g/mol. The number of anilines is 1. The number of ether oxygens (including phenoxy) is 2. The maximum absolute atomic E-state index is 12.5. The molecule has 2 rings (SSSR count). The van der Waals surface area contributed by atoms with E-state index in [1.807, 2.05) is 0 Å². The molecule has 1 amide bonds. The van der Waals surface area contributed by atoms with Gasteiger partial charge in [0.05, 0.1) is 23.3 Å². The molecule has 1 aromatic heterocycles. The SMILES string of the molecule is COc1ccc(C(=O)OCC(=O)Nc2ncc(C(F)(F)F)cc2Cl)cc1. The highest BCUT2D eigenvalue weighted by molar-refractivity contribution is 6.33. The summed E-state index contributed by atoms with van der Waals surface area (Å²) in [5.74, 6) is -1.29. The van der Waals surface area contributed by atoms with Crippen LogP contribution in [0, 0.1) is 0 Å². The van der Waals surface area contributed by atoms with Gasteiger partial charge < -0.3 is 14.8 Å². The van der Waals surface area contributed by atoms with E-state index in [9.17, 15) is 22.8 Å². The Labute approximate surface area is 150 Å². The zero-order chi connectivity index (χ0) is 19.3. The zero-order valence-electron chi connectivity index (χ0n) is 13.3. The van der Waals surface area contributed by atoms with Crippen molar-refractivity contribution >= 4 is 29.3 Å². The number of benzene rings is 1. The van der Waals surface area contributed by atoms with Crippen molar-refractivity contribution in [1.29, 1.82) is 0 Å². The molecule has 0 unspecified atom stereocenters. The van der Waals surface area contributed by atoms with Crippen LogP contribution in [-0.4, -0.2) is 30.6 Å². The fraction of sp³-hybridized carbons (Fsp3) is 0.188. The van der Waals surface area contributed by atoms with Crippen molar-refractivity contribution in [2.75, 3.05) is 19.0 Å². The largest absolute Gasteiger partial charge is 0.497 e. The highest BCUT2D eigenvalue weighted by Crippen LogP contribution is 2.32. The molecule has 0 spiro atoms. The number of methoxy groups -OCH3 is 1. The Hall–Kier alpha value is -2.81. The average Bonchev–Trinajstić information content (AvgIpc) is 2.60. The molecule has 0 saturated carbocycles. The fourth-order valence-corrected chi connectivity index (χ4v) is 2.01. The number of nitrogens with one attached hydrogen (secondary N) is 1. The summed E-state index contributed by atoms with van der Waals surface area (Å²) >= 11 is 5.67. The Morgan fingerprint density at radius 1 is 1.23 bits per heavy atom. The lowest BCUT2D eigenvalue weighted by molar-refractivity contribution is -0.137. The lowest BCUT2D eigenvalue weighted by Gasteiger charge is -2.10. The molecule has 0 radical (unpaired) electrons. The van der Waals surface area contributed by atoms with E-state index >= 15 is 0 Å². The van der Waals surface area contributed by atoms with E-state index < -0.39 is 35.2 Å². The molecule has 0 bridgehead atoms. The molecular weight excluding hydrogens is 377 g/mol. The number of rotatable bonds is 5. The van der Waals surface area contributed by atoms with Gasteiger partial charge in [-0.1, -0.05) is 11.6 Å².